The number of benzene rings is 2. The predicted octanol–water partition coefficient (Wildman–Crippen LogP) is 4.62. The van der Waals surface area contributed by atoms with Crippen LogP contribution in [0.15, 0.2) is 46.3 Å². The standard InChI is InChI=1S/C24H23Cl2N3O5S/c1-28-23(31)20(13-15-11-18(25)22(19(26)12-15)34-14-21(30)32-2)35-24(28)27-16-3-5-17(6-4-16)29-7-9-33-10-8-29/h3-6,11-13H,7-10,14H2,1-2H3/b20-13-,27-24?. The molecule has 4 rings (SSSR count). The second kappa shape index (κ2) is 11.3. The molecule has 0 aromatic heterocycles. The summed E-state index contributed by atoms with van der Waals surface area (Å²) in [7, 11) is 2.94. The van der Waals surface area contributed by atoms with E-state index in [0.29, 0.717) is 15.6 Å². The summed E-state index contributed by atoms with van der Waals surface area (Å²) < 4.78 is 15.3. The quantitative estimate of drug-likeness (QED) is 0.394. The summed E-state index contributed by atoms with van der Waals surface area (Å²) in [5, 5.41) is 0.994. The molecule has 2 aliphatic rings. The molecule has 2 aromatic carbocycles. The Kier molecular flexibility index (Phi) is 8.22. The number of thioether (sulfide) groups is 1. The van der Waals surface area contributed by atoms with E-state index < -0.39 is 5.97 Å². The Morgan fingerprint density at radius 3 is 2.46 bits per heavy atom. The molecule has 2 fully saturated rings. The van der Waals surface area contributed by atoms with Crippen molar-refractivity contribution in [2.24, 2.45) is 4.99 Å². The molecule has 0 aliphatic carbocycles. The van der Waals surface area contributed by atoms with Gasteiger partial charge in [0, 0.05) is 25.8 Å². The number of amidine groups is 1. The lowest BCUT2D eigenvalue weighted by Gasteiger charge is -2.28. The lowest BCUT2D eigenvalue weighted by Crippen LogP contribution is -2.36. The van der Waals surface area contributed by atoms with Gasteiger partial charge >= 0.3 is 5.97 Å². The van der Waals surface area contributed by atoms with Crippen LogP contribution in [0.3, 0.4) is 0 Å². The predicted molar refractivity (Wildman–Crippen MR) is 139 cm³/mol. The van der Waals surface area contributed by atoms with Gasteiger partial charge in [-0.3, -0.25) is 9.69 Å². The number of amides is 1. The molecule has 0 radical (unpaired) electrons. The summed E-state index contributed by atoms with van der Waals surface area (Å²) in [6.07, 6.45) is 1.69. The number of ether oxygens (including phenoxy) is 3. The number of anilines is 1. The largest absolute Gasteiger partial charge is 0.479 e. The second-order valence-electron chi connectivity index (χ2n) is 7.66. The van der Waals surface area contributed by atoms with E-state index in [0.717, 1.165) is 37.7 Å². The maximum atomic E-state index is 12.8. The first-order valence-electron chi connectivity index (χ1n) is 10.7. The van der Waals surface area contributed by atoms with Gasteiger partial charge in [-0.2, -0.15) is 0 Å². The van der Waals surface area contributed by atoms with Crippen molar-refractivity contribution in [3.63, 3.8) is 0 Å². The van der Waals surface area contributed by atoms with Crippen LogP contribution in [0.25, 0.3) is 6.08 Å². The third-order valence-corrected chi connectivity index (χ3v) is 6.96. The van der Waals surface area contributed by atoms with Gasteiger partial charge in [-0.15, -0.1) is 0 Å². The number of methoxy groups -OCH3 is 1. The molecule has 11 heteroatoms. The minimum atomic E-state index is -0.554. The van der Waals surface area contributed by atoms with Gasteiger partial charge in [0.1, 0.15) is 0 Å². The van der Waals surface area contributed by atoms with E-state index in [-0.39, 0.29) is 28.3 Å². The van der Waals surface area contributed by atoms with Crippen molar-refractivity contribution in [2.75, 3.05) is 52.0 Å². The normalized spacial score (nSPS) is 18.5. The fourth-order valence-electron chi connectivity index (χ4n) is 3.46. The van der Waals surface area contributed by atoms with E-state index in [9.17, 15) is 9.59 Å². The van der Waals surface area contributed by atoms with Crippen molar-refractivity contribution in [3.05, 3.63) is 56.9 Å². The summed E-state index contributed by atoms with van der Waals surface area (Å²) in [6.45, 7) is 2.86. The highest BCUT2D eigenvalue weighted by molar-refractivity contribution is 8.18. The lowest BCUT2D eigenvalue weighted by atomic mass is 10.2. The van der Waals surface area contributed by atoms with Gasteiger partial charge in [0.05, 0.1) is 41.0 Å². The minimum Gasteiger partial charge on any atom is -0.479 e. The van der Waals surface area contributed by atoms with Crippen LogP contribution in [0.2, 0.25) is 10.0 Å². The smallest absolute Gasteiger partial charge is 0.343 e. The van der Waals surface area contributed by atoms with Crippen LogP contribution in [0.4, 0.5) is 11.4 Å². The number of esters is 1. The molecular weight excluding hydrogens is 513 g/mol. The van der Waals surface area contributed by atoms with Gasteiger partial charge in [-0.25, -0.2) is 9.79 Å². The van der Waals surface area contributed by atoms with Crippen molar-refractivity contribution in [3.8, 4) is 5.75 Å². The number of carbonyl (C=O) groups is 2. The van der Waals surface area contributed by atoms with Crippen LogP contribution in [-0.2, 0) is 19.1 Å². The van der Waals surface area contributed by atoms with Crippen LogP contribution in [-0.4, -0.2) is 69.0 Å². The van der Waals surface area contributed by atoms with E-state index in [1.165, 1.54) is 23.8 Å². The van der Waals surface area contributed by atoms with Crippen LogP contribution < -0.4 is 9.64 Å². The molecule has 35 heavy (non-hydrogen) atoms. The Labute approximate surface area is 217 Å². The molecule has 2 aromatic rings. The van der Waals surface area contributed by atoms with Gasteiger partial charge in [0.2, 0.25) is 0 Å². The average Bonchev–Trinajstić information content (AvgIpc) is 3.12. The minimum absolute atomic E-state index is 0.172. The van der Waals surface area contributed by atoms with Crippen LogP contribution >= 0.6 is 35.0 Å². The number of hydrogen-bond acceptors (Lipinski definition) is 8. The van der Waals surface area contributed by atoms with Crippen molar-refractivity contribution in [1.29, 1.82) is 0 Å². The molecule has 2 heterocycles. The van der Waals surface area contributed by atoms with Gasteiger partial charge in [0.25, 0.3) is 5.91 Å². The van der Waals surface area contributed by atoms with E-state index >= 15 is 0 Å². The molecule has 2 saturated heterocycles. The number of likely N-dealkylation sites (N-methyl/N-ethyl adjacent to an activating group) is 1. The second-order valence-corrected chi connectivity index (χ2v) is 9.49. The van der Waals surface area contributed by atoms with Gasteiger partial charge in [0.15, 0.2) is 17.5 Å². The molecule has 0 spiro atoms. The molecule has 0 atom stereocenters. The van der Waals surface area contributed by atoms with Gasteiger partial charge in [-0.05, 0) is 59.8 Å². The van der Waals surface area contributed by atoms with Gasteiger partial charge in [-0.1, -0.05) is 23.2 Å². The van der Waals surface area contributed by atoms with E-state index in [1.54, 1.807) is 25.3 Å². The van der Waals surface area contributed by atoms with Crippen molar-refractivity contribution < 1.29 is 23.8 Å². The summed E-state index contributed by atoms with van der Waals surface area (Å²) in [6, 6.07) is 11.1. The first kappa shape index (κ1) is 25.4. The van der Waals surface area contributed by atoms with Crippen LogP contribution in [0.5, 0.6) is 5.75 Å². The van der Waals surface area contributed by atoms with E-state index in [4.69, 9.17) is 32.7 Å². The van der Waals surface area contributed by atoms with Crippen LogP contribution in [0.1, 0.15) is 5.56 Å². The van der Waals surface area contributed by atoms with E-state index in [2.05, 4.69) is 14.6 Å². The zero-order valence-corrected chi connectivity index (χ0v) is 21.5. The SMILES string of the molecule is COC(=O)COc1c(Cl)cc(/C=C2\SC(=Nc3ccc(N4CCOCC4)cc3)N(C)C2=O)cc1Cl. The number of aliphatic imine (C=N–C) groups is 1. The topological polar surface area (TPSA) is 80.7 Å². The number of hydrogen-bond donors (Lipinski definition) is 0. The number of morpholine rings is 1. The summed E-state index contributed by atoms with van der Waals surface area (Å²) in [5.74, 6) is -0.565. The maximum absolute atomic E-state index is 12.8. The Morgan fingerprint density at radius 1 is 1.17 bits per heavy atom. The number of carbonyl (C=O) groups excluding carboxylic acids is 2. The third kappa shape index (κ3) is 6.10. The molecule has 184 valence electrons. The zero-order chi connectivity index (χ0) is 24.9. The lowest BCUT2D eigenvalue weighted by molar-refractivity contribution is -0.142. The molecule has 8 nitrogen and oxygen atoms in total. The third-order valence-electron chi connectivity index (χ3n) is 5.33. The number of halogens is 2. The Hall–Kier alpha value is -2.72. The molecule has 0 saturated carbocycles. The molecule has 0 unspecified atom stereocenters. The Balaban J connectivity index is 1.49. The molecular formula is C24H23Cl2N3O5S. The van der Waals surface area contributed by atoms with Crippen molar-refractivity contribution in [1.82, 2.24) is 4.90 Å². The maximum Gasteiger partial charge on any atom is 0.343 e. The first-order chi connectivity index (χ1) is 16.9. The van der Waals surface area contributed by atoms with Gasteiger partial charge < -0.3 is 19.1 Å². The first-order valence-corrected chi connectivity index (χ1v) is 12.3. The number of nitrogens with zero attached hydrogens (tertiary/aromatic N) is 3. The molecule has 1 amide bonds. The summed E-state index contributed by atoms with van der Waals surface area (Å²) >= 11 is 13.8. The fraction of sp³-hybridized carbons (Fsp3) is 0.292. The van der Waals surface area contributed by atoms with Crippen molar-refractivity contribution in [2.45, 2.75) is 0 Å². The monoisotopic (exact) mass is 535 g/mol. The molecule has 2 aliphatic heterocycles. The highest BCUT2D eigenvalue weighted by Gasteiger charge is 2.30. The highest BCUT2D eigenvalue weighted by Crippen LogP contribution is 2.38. The summed E-state index contributed by atoms with van der Waals surface area (Å²) in [5.41, 5.74) is 2.49. The molecule has 0 N–H and O–H groups in total. The zero-order valence-electron chi connectivity index (χ0n) is 19.1. The molecule has 0 bridgehead atoms. The summed E-state index contributed by atoms with van der Waals surface area (Å²) in [4.78, 5) is 33.0. The van der Waals surface area contributed by atoms with Crippen LogP contribution in [0, 0.1) is 0 Å². The van der Waals surface area contributed by atoms with E-state index in [1.807, 2.05) is 24.3 Å². The average molecular weight is 536 g/mol. The number of rotatable bonds is 6. The Morgan fingerprint density at radius 2 is 1.83 bits per heavy atom. The van der Waals surface area contributed by atoms with Crippen molar-refractivity contribution >= 4 is 69.5 Å². The fourth-order valence-corrected chi connectivity index (χ4v) is 5.06. The highest BCUT2D eigenvalue weighted by atomic mass is 35.5. The Bertz CT molecular complexity index is 1160.